The van der Waals surface area contributed by atoms with Crippen molar-refractivity contribution in [1.29, 1.82) is 0 Å². The van der Waals surface area contributed by atoms with E-state index in [2.05, 4.69) is 36.8 Å². The van der Waals surface area contributed by atoms with Gasteiger partial charge in [-0.15, -0.1) is 0 Å². The Morgan fingerprint density at radius 1 is 0.872 bits per heavy atom. The summed E-state index contributed by atoms with van der Waals surface area (Å²) in [5, 5.41) is 7.04. The third kappa shape index (κ3) is 4.86. The van der Waals surface area contributed by atoms with Crippen molar-refractivity contribution >= 4 is 54.4 Å². The third-order valence-electron chi connectivity index (χ3n) is 6.77. The minimum Gasteiger partial charge on any atom is -0.321 e. The molecular formula is C31H20Br2FN3O2. The number of nitrogens with zero attached hydrogens (tertiary/aromatic N) is 2. The number of amides is 1. The maximum atomic E-state index is 13.7. The van der Waals surface area contributed by atoms with Gasteiger partial charge in [-0.25, -0.2) is 9.40 Å². The number of rotatable bonds is 4. The topological polar surface area (TPSA) is 65.5 Å². The molecule has 0 unspecified atom stereocenters. The zero-order valence-electron chi connectivity index (χ0n) is 20.4. The first-order chi connectivity index (χ1) is 18.9. The first-order valence-corrected chi connectivity index (χ1v) is 13.8. The number of carbonyl (C=O) groups is 1. The van der Waals surface area contributed by atoms with Crippen LogP contribution in [-0.4, -0.2) is 21.6 Å². The number of hydrazone groups is 1. The minimum atomic E-state index is -0.462. The van der Waals surface area contributed by atoms with Crippen LogP contribution in [0.2, 0.25) is 0 Å². The summed E-state index contributed by atoms with van der Waals surface area (Å²) in [6, 6.07) is 28.0. The molecule has 0 radical (unpaired) electrons. The molecule has 8 heteroatoms. The van der Waals surface area contributed by atoms with Gasteiger partial charge in [-0.2, -0.15) is 5.10 Å². The zero-order valence-corrected chi connectivity index (χ0v) is 23.5. The Morgan fingerprint density at radius 2 is 1.62 bits per heavy atom. The Labute approximate surface area is 240 Å². The molecule has 39 heavy (non-hydrogen) atoms. The molecule has 0 bridgehead atoms. The van der Waals surface area contributed by atoms with Gasteiger partial charge in [0.25, 0.3) is 11.5 Å². The summed E-state index contributed by atoms with van der Waals surface area (Å²) in [7, 11) is 0. The van der Waals surface area contributed by atoms with E-state index in [0.29, 0.717) is 28.8 Å². The fourth-order valence-electron chi connectivity index (χ4n) is 4.99. The molecule has 1 aromatic heterocycles. The molecule has 0 spiro atoms. The van der Waals surface area contributed by atoms with Crippen molar-refractivity contribution in [2.24, 2.45) is 5.10 Å². The predicted octanol–water partition coefficient (Wildman–Crippen LogP) is 7.85. The molecule has 1 atom stereocenters. The molecule has 6 rings (SSSR count). The van der Waals surface area contributed by atoms with Crippen LogP contribution in [0.3, 0.4) is 0 Å². The number of carbonyl (C=O) groups excluding carboxylic acids is 1. The van der Waals surface area contributed by atoms with Crippen LogP contribution in [0.25, 0.3) is 22.0 Å². The van der Waals surface area contributed by atoms with E-state index in [1.165, 1.54) is 29.3 Å². The average Bonchev–Trinajstić information content (AvgIpc) is 3.38. The van der Waals surface area contributed by atoms with E-state index >= 15 is 0 Å². The number of hydrogen-bond acceptors (Lipinski definition) is 3. The summed E-state index contributed by atoms with van der Waals surface area (Å²) in [6.45, 7) is 0. The number of fused-ring (bicyclic) bond motifs is 1. The molecule has 1 N–H and O–H groups in total. The standard InChI is InChI=1S/C31H20Br2FN3O2/c32-21-8-4-7-20(15-21)27-17-26(36-37(27)31(39)19-9-12-23(34)13-10-19)29-28(18-5-2-1-3-6-18)24-16-22(33)11-14-25(24)35-30(29)38/h1-16,27H,17H2,(H,35,38)/t27-/m0/s1. The fraction of sp³-hybridized carbons (Fsp3) is 0.0645. The number of pyridine rings is 1. The lowest BCUT2D eigenvalue weighted by atomic mass is 9.91. The van der Waals surface area contributed by atoms with Crippen LogP contribution in [0, 0.1) is 5.82 Å². The Bertz CT molecular complexity index is 1820. The smallest absolute Gasteiger partial charge is 0.274 e. The number of H-pyrrole nitrogens is 1. The zero-order chi connectivity index (χ0) is 27.1. The van der Waals surface area contributed by atoms with E-state index in [0.717, 1.165) is 31.0 Å². The van der Waals surface area contributed by atoms with E-state index < -0.39 is 11.9 Å². The summed E-state index contributed by atoms with van der Waals surface area (Å²) in [5.74, 6) is -0.807. The molecule has 1 aliphatic heterocycles. The van der Waals surface area contributed by atoms with E-state index in [1.54, 1.807) is 0 Å². The highest BCUT2D eigenvalue weighted by Gasteiger charge is 2.36. The van der Waals surface area contributed by atoms with E-state index in [4.69, 9.17) is 5.10 Å². The third-order valence-corrected chi connectivity index (χ3v) is 7.76. The quantitative estimate of drug-likeness (QED) is 0.217. The summed E-state index contributed by atoms with van der Waals surface area (Å²) in [6.07, 6.45) is 0.325. The van der Waals surface area contributed by atoms with Gasteiger partial charge in [0.2, 0.25) is 0 Å². The second kappa shape index (κ2) is 10.4. The minimum absolute atomic E-state index is 0.286. The van der Waals surface area contributed by atoms with Gasteiger partial charge in [0.15, 0.2) is 0 Å². The van der Waals surface area contributed by atoms with Crippen molar-refractivity contribution < 1.29 is 9.18 Å². The number of hydrogen-bond donors (Lipinski definition) is 1. The second-order valence-corrected chi connectivity index (χ2v) is 11.1. The second-order valence-electron chi connectivity index (χ2n) is 9.24. The molecule has 1 amide bonds. The van der Waals surface area contributed by atoms with Crippen LogP contribution < -0.4 is 5.56 Å². The molecule has 0 aliphatic carbocycles. The van der Waals surface area contributed by atoms with Gasteiger partial charge < -0.3 is 4.98 Å². The largest absolute Gasteiger partial charge is 0.321 e. The average molecular weight is 645 g/mol. The summed E-state index contributed by atoms with van der Waals surface area (Å²) in [5.41, 5.74) is 4.11. The van der Waals surface area contributed by atoms with Crippen LogP contribution in [0.5, 0.6) is 0 Å². The van der Waals surface area contributed by atoms with Crippen molar-refractivity contribution in [3.05, 3.63) is 139 Å². The Kier molecular flexibility index (Phi) is 6.74. The highest BCUT2D eigenvalue weighted by Crippen LogP contribution is 2.38. The maximum Gasteiger partial charge on any atom is 0.274 e. The van der Waals surface area contributed by atoms with E-state index in [1.807, 2.05) is 72.8 Å². The predicted molar refractivity (Wildman–Crippen MR) is 158 cm³/mol. The van der Waals surface area contributed by atoms with Crippen LogP contribution in [0.15, 0.2) is 116 Å². The van der Waals surface area contributed by atoms with E-state index in [-0.39, 0.29) is 11.5 Å². The lowest BCUT2D eigenvalue weighted by Gasteiger charge is -2.22. The van der Waals surface area contributed by atoms with Crippen LogP contribution in [0.1, 0.15) is 33.9 Å². The van der Waals surface area contributed by atoms with Crippen molar-refractivity contribution in [3.63, 3.8) is 0 Å². The molecule has 0 fully saturated rings. The van der Waals surface area contributed by atoms with Crippen LogP contribution >= 0.6 is 31.9 Å². The number of aromatic nitrogens is 1. The SMILES string of the molecule is O=C(c1ccc(F)cc1)N1N=C(c2c(-c3ccccc3)c3cc(Br)ccc3[nH]c2=O)C[C@H]1c1cccc(Br)c1. The van der Waals surface area contributed by atoms with Crippen molar-refractivity contribution in [1.82, 2.24) is 9.99 Å². The monoisotopic (exact) mass is 643 g/mol. The van der Waals surface area contributed by atoms with Gasteiger partial charge >= 0.3 is 0 Å². The maximum absolute atomic E-state index is 13.7. The number of nitrogens with one attached hydrogen (secondary N) is 1. The fourth-order valence-corrected chi connectivity index (χ4v) is 5.77. The van der Waals surface area contributed by atoms with Gasteiger partial charge in [0, 0.05) is 37.4 Å². The molecule has 4 aromatic carbocycles. The molecule has 5 nitrogen and oxygen atoms in total. The summed E-state index contributed by atoms with van der Waals surface area (Å²) < 4.78 is 15.3. The molecule has 2 heterocycles. The molecule has 192 valence electrons. The van der Waals surface area contributed by atoms with Gasteiger partial charge in [0.1, 0.15) is 5.82 Å². The van der Waals surface area contributed by atoms with Gasteiger partial charge in [-0.1, -0.05) is 74.3 Å². The van der Waals surface area contributed by atoms with Crippen molar-refractivity contribution in [2.75, 3.05) is 0 Å². The molecular weight excluding hydrogens is 625 g/mol. The Balaban J connectivity index is 1.57. The highest BCUT2D eigenvalue weighted by atomic mass is 79.9. The molecule has 5 aromatic rings. The first kappa shape index (κ1) is 25.4. The van der Waals surface area contributed by atoms with Crippen LogP contribution in [0.4, 0.5) is 4.39 Å². The normalized spacial score (nSPS) is 15.0. The van der Waals surface area contributed by atoms with Crippen molar-refractivity contribution in [3.8, 4) is 11.1 Å². The Hall–Kier alpha value is -3.88. The van der Waals surface area contributed by atoms with Gasteiger partial charge in [-0.05, 0) is 65.7 Å². The van der Waals surface area contributed by atoms with E-state index in [9.17, 15) is 14.0 Å². The summed E-state index contributed by atoms with van der Waals surface area (Å²) in [4.78, 5) is 30.4. The number of benzene rings is 4. The number of halogens is 3. The Morgan fingerprint density at radius 3 is 2.36 bits per heavy atom. The lowest BCUT2D eigenvalue weighted by Crippen LogP contribution is -2.27. The lowest BCUT2D eigenvalue weighted by molar-refractivity contribution is 0.0711. The van der Waals surface area contributed by atoms with Gasteiger partial charge in [-0.3, -0.25) is 9.59 Å². The van der Waals surface area contributed by atoms with Crippen molar-refractivity contribution in [2.45, 2.75) is 12.5 Å². The number of aromatic amines is 1. The first-order valence-electron chi connectivity index (χ1n) is 12.2. The van der Waals surface area contributed by atoms with Gasteiger partial charge in [0.05, 0.1) is 17.3 Å². The van der Waals surface area contributed by atoms with Crippen LogP contribution in [-0.2, 0) is 0 Å². The summed E-state index contributed by atoms with van der Waals surface area (Å²) >= 11 is 7.09. The molecule has 0 saturated heterocycles. The molecule has 1 aliphatic rings. The molecule has 0 saturated carbocycles. The highest BCUT2D eigenvalue weighted by molar-refractivity contribution is 9.10.